The first kappa shape index (κ1) is 23.2. The molecule has 3 aromatic rings. The topological polar surface area (TPSA) is 66.5 Å². The van der Waals surface area contributed by atoms with Crippen LogP contribution in [0.3, 0.4) is 0 Å². The van der Waals surface area contributed by atoms with Gasteiger partial charge in [-0.3, -0.25) is 0 Å². The Morgan fingerprint density at radius 2 is 1.75 bits per heavy atom. The zero-order valence-electron chi connectivity index (χ0n) is 19.1. The van der Waals surface area contributed by atoms with Crippen molar-refractivity contribution in [2.45, 2.75) is 32.7 Å². The molecule has 1 aromatic heterocycles. The summed E-state index contributed by atoms with van der Waals surface area (Å²) in [5, 5.41) is 5.24. The Labute approximate surface area is 188 Å². The van der Waals surface area contributed by atoms with E-state index in [1.54, 1.807) is 30.5 Å². The van der Waals surface area contributed by atoms with E-state index in [-0.39, 0.29) is 17.0 Å². The highest BCUT2D eigenvalue weighted by Crippen LogP contribution is 2.35. The van der Waals surface area contributed by atoms with Crippen molar-refractivity contribution in [3.05, 3.63) is 77.7 Å². The number of aromatic nitrogens is 1. The molecule has 2 amide bonds. The number of carbonyl (C=O) groups is 1. The number of carbonyl (C=O) groups excluding carboxylic acids is 1. The maximum absolute atomic E-state index is 14.4. The first-order valence-corrected chi connectivity index (χ1v) is 10.4. The van der Waals surface area contributed by atoms with Crippen LogP contribution in [0.25, 0.3) is 0 Å². The monoisotopic (exact) mass is 436 g/mol. The van der Waals surface area contributed by atoms with Crippen molar-refractivity contribution in [1.29, 1.82) is 0 Å². The largest absolute Gasteiger partial charge is 0.437 e. The second-order valence-electron chi connectivity index (χ2n) is 8.84. The normalized spacial score (nSPS) is 11.3. The zero-order chi connectivity index (χ0) is 23.3. The van der Waals surface area contributed by atoms with Crippen LogP contribution in [0.1, 0.15) is 31.9 Å². The number of hydrogen-bond donors (Lipinski definition) is 2. The van der Waals surface area contributed by atoms with Crippen LogP contribution in [0.15, 0.2) is 60.8 Å². The summed E-state index contributed by atoms with van der Waals surface area (Å²) in [7, 11) is 3.82. The molecule has 0 atom stereocenters. The fraction of sp³-hybridized carbons (Fsp3) is 0.280. The van der Waals surface area contributed by atoms with Crippen LogP contribution in [0, 0.1) is 5.82 Å². The fourth-order valence-electron chi connectivity index (χ4n) is 3.25. The second kappa shape index (κ2) is 9.78. The second-order valence-corrected chi connectivity index (χ2v) is 8.84. The first-order valence-electron chi connectivity index (χ1n) is 10.4. The van der Waals surface area contributed by atoms with Crippen LogP contribution < -0.4 is 15.4 Å². The number of urea groups is 1. The van der Waals surface area contributed by atoms with E-state index < -0.39 is 11.8 Å². The van der Waals surface area contributed by atoms with Crippen molar-refractivity contribution in [3.63, 3.8) is 0 Å². The van der Waals surface area contributed by atoms with Crippen molar-refractivity contribution in [3.8, 4) is 11.6 Å². The molecule has 7 heteroatoms. The predicted molar refractivity (Wildman–Crippen MR) is 126 cm³/mol. The van der Waals surface area contributed by atoms with Crippen LogP contribution in [-0.4, -0.2) is 30.0 Å². The third-order valence-corrected chi connectivity index (χ3v) is 4.70. The molecular formula is C25H29FN4O2. The summed E-state index contributed by atoms with van der Waals surface area (Å²) in [5.74, 6) is 0.409. The average Bonchev–Trinajstić information content (AvgIpc) is 2.71. The predicted octanol–water partition coefficient (Wildman–Crippen LogP) is 6.02. The number of rotatable bonds is 6. The molecule has 0 aliphatic rings. The molecule has 168 valence electrons. The van der Waals surface area contributed by atoms with E-state index in [1.165, 1.54) is 6.07 Å². The van der Waals surface area contributed by atoms with Gasteiger partial charge in [0.05, 0.1) is 5.69 Å². The van der Waals surface area contributed by atoms with E-state index in [9.17, 15) is 9.18 Å². The highest BCUT2D eigenvalue weighted by atomic mass is 19.1. The summed E-state index contributed by atoms with van der Waals surface area (Å²) in [5.41, 5.74) is 2.17. The Hall–Kier alpha value is -3.45. The summed E-state index contributed by atoms with van der Waals surface area (Å²) in [6.07, 6.45) is 1.58. The van der Waals surface area contributed by atoms with Crippen molar-refractivity contribution >= 4 is 17.4 Å². The summed E-state index contributed by atoms with van der Waals surface area (Å²) >= 11 is 0. The third-order valence-electron chi connectivity index (χ3n) is 4.70. The molecule has 32 heavy (non-hydrogen) atoms. The SMILES string of the molecule is CN(C)Cc1ccc(NC(=O)Nc2cccnc2Oc2ccccc2C(C)(C)C)c(F)c1. The van der Waals surface area contributed by atoms with E-state index in [2.05, 4.69) is 36.4 Å². The van der Waals surface area contributed by atoms with Crippen LogP contribution >= 0.6 is 0 Å². The van der Waals surface area contributed by atoms with Crippen molar-refractivity contribution in [2.75, 3.05) is 24.7 Å². The van der Waals surface area contributed by atoms with E-state index in [0.717, 1.165) is 11.1 Å². The Kier molecular flexibility index (Phi) is 7.10. The Bertz CT molecular complexity index is 1090. The van der Waals surface area contributed by atoms with Crippen molar-refractivity contribution < 1.29 is 13.9 Å². The number of ether oxygens (including phenoxy) is 1. The first-order chi connectivity index (χ1) is 15.1. The lowest BCUT2D eigenvalue weighted by Gasteiger charge is -2.22. The van der Waals surface area contributed by atoms with Crippen molar-refractivity contribution in [1.82, 2.24) is 9.88 Å². The number of anilines is 2. The highest BCUT2D eigenvalue weighted by molar-refractivity contribution is 6.00. The summed E-state index contributed by atoms with van der Waals surface area (Å²) < 4.78 is 20.5. The lowest BCUT2D eigenvalue weighted by molar-refractivity contribution is 0.262. The molecule has 0 aliphatic carbocycles. The van der Waals surface area contributed by atoms with Gasteiger partial charge in [-0.25, -0.2) is 14.2 Å². The van der Waals surface area contributed by atoms with E-state index >= 15 is 0 Å². The van der Waals surface area contributed by atoms with E-state index in [0.29, 0.717) is 18.0 Å². The number of halogens is 1. The maximum Gasteiger partial charge on any atom is 0.323 e. The quantitative estimate of drug-likeness (QED) is 0.496. The summed E-state index contributed by atoms with van der Waals surface area (Å²) in [6.45, 7) is 6.89. The van der Waals surface area contributed by atoms with Gasteiger partial charge in [0.25, 0.3) is 0 Å². The molecule has 6 nitrogen and oxygen atoms in total. The lowest BCUT2D eigenvalue weighted by Crippen LogP contribution is -2.21. The number of amides is 2. The van der Waals surface area contributed by atoms with Crippen LogP contribution in [0.5, 0.6) is 11.6 Å². The molecule has 0 spiro atoms. The van der Waals surface area contributed by atoms with Gasteiger partial charge in [0.15, 0.2) is 0 Å². The molecule has 0 radical (unpaired) electrons. The molecule has 0 fully saturated rings. The van der Waals surface area contributed by atoms with Gasteiger partial charge >= 0.3 is 6.03 Å². The van der Waals surface area contributed by atoms with Gasteiger partial charge in [-0.2, -0.15) is 0 Å². The van der Waals surface area contributed by atoms with Crippen LogP contribution in [-0.2, 0) is 12.0 Å². The lowest BCUT2D eigenvalue weighted by atomic mass is 9.86. The Morgan fingerprint density at radius 1 is 1.03 bits per heavy atom. The van der Waals surface area contributed by atoms with Gasteiger partial charge in [0.2, 0.25) is 5.88 Å². The Morgan fingerprint density at radius 3 is 2.44 bits per heavy atom. The third kappa shape index (κ3) is 6.04. The summed E-state index contributed by atoms with van der Waals surface area (Å²) in [4.78, 5) is 18.8. The molecule has 0 aliphatic heterocycles. The van der Waals surface area contributed by atoms with Crippen LogP contribution in [0.4, 0.5) is 20.6 Å². The molecule has 2 N–H and O–H groups in total. The number of nitrogens with one attached hydrogen (secondary N) is 2. The van der Waals surface area contributed by atoms with Gasteiger partial charge in [0.1, 0.15) is 17.3 Å². The molecule has 0 bridgehead atoms. The minimum atomic E-state index is -0.591. The van der Waals surface area contributed by atoms with Gasteiger partial charge < -0.3 is 20.3 Å². The number of benzene rings is 2. The number of para-hydroxylation sites is 1. The van der Waals surface area contributed by atoms with E-state index in [1.807, 2.05) is 43.3 Å². The van der Waals surface area contributed by atoms with E-state index in [4.69, 9.17) is 4.74 Å². The fourth-order valence-corrected chi connectivity index (χ4v) is 3.25. The van der Waals surface area contributed by atoms with Crippen molar-refractivity contribution in [2.24, 2.45) is 0 Å². The average molecular weight is 437 g/mol. The molecule has 2 aromatic carbocycles. The van der Waals surface area contributed by atoms with Gasteiger partial charge in [-0.05, 0) is 55.4 Å². The molecular weight excluding hydrogens is 407 g/mol. The molecule has 3 rings (SSSR count). The molecule has 1 heterocycles. The standard InChI is InChI=1S/C25H29FN4O2/c1-25(2,3)18-9-6-7-11-22(18)32-23-21(10-8-14-27-23)29-24(31)28-20-13-12-17(15-19(20)26)16-30(4)5/h6-15H,16H2,1-5H3,(H2,28,29,31). The summed E-state index contributed by atoms with van der Waals surface area (Å²) in [6, 6.07) is 15.2. The molecule has 0 unspecified atom stereocenters. The van der Waals surface area contributed by atoms with Gasteiger partial charge in [0, 0.05) is 18.3 Å². The van der Waals surface area contributed by atoms with Gasteiger partial charge in [-0.1, -0.05) is 45.0 Å². The minimum Gasteiger partial charge on any atom is -0.437 e. The Balaban J connectivity index is 1.75. The number of hydrogen-bond acceptors (Lipinski definition) is 4. The number of nitrogens with zero attached hydrogens (tertiary/aromatic N) is 2. The number of pyridine rings is 1. The molecule has 0 saturated carbocycles. The smallest absolute Gasteiger partial charge is 0.323 e. The zero-order valence-corrected chi connectivity index (χ0v) is 19.1. The molecule has 0 saturated heterocycles. The van der Waals surface area contributed by atoms with Crippen LogP contribution in [0.2, 0.25) is 0 Å². The minimum absolute atomic E-state index is 0.0921. The van der Waals surface area contributed by atoms with Gasteiger partial charge in [-0.15, -0.1) is 0 Å². The highest BCUT2D eigenvalue weighted by Gasteiger charge is 2.20. The maximum atomic E-state index is 14.4.